The van der Waals surface area contributed by atoms with Gasteiger partial charge in [-0.2, -0.15) is 0 Å². The fourth-order valence-corrected chi connectivity index (χ4v) is 6.39. The highest BCUT2D eigenvalue weighted by Gasteiger charge is 2.30. The Morgan fingerprint density at radius 2 is 1.60 bits per heavy atom. The van der Waals surface area contributed by atoms with Crippen molar-refractivity contribution in [3.8, 4) is 16.9 Å². The number of benzene rings is 3. The molecule has 4 rings (SSSR count). The number of piperidine rings is 1. The van der Waals surface area contributed by atoms with E-state index in [0.717, 1.165) is 43.1 Å². The molecule has 6 heteroatoms. The first-order valence-corrected chi connectivity index (χ1v) is 13.9. The maximum Gasteiger partial charge on any atom is 0.264 e. The molecule has 0 spiro atoms. The van der Waals surface area contributed by atoms with E-state index < -0.39 is 10.0 Å². The van der Waals surface area contributed by atoms with Crippen LogP contribution in [0.25, 0.3) is 11.1 Å². The van der Waals surface area contributed by atoms with Crippen LogP contribution in [0.1, 0.15) is 33.1 Å². The van der Waals surface area contributed by atoms with E-state index in [0.29, 0.717) is 16.3 Å². The lowest BCUT2D eigenvalue weighted by molar-refractivity contribution is 0.188. The summed E-state index contributed by atoms with van der Waals surface area (Å²) in [6, 6.07) is 24.3. The van der Waals surface area contributed by atoms with E-state index in [-0.39, 0.29) is 6.04 Å². The number of hydrogen-bond donors (Lipinski definition) is 0. The molecule has 1 aliphatic heterocycles. The lowest BCUT2D eigenvalue weighted by Gasteiger charge is -2.34. The number of rotatable bonds is 9. The Bertz CT molecular complexity index is 1190. The van der Waals surface area contributed by atoms with E-state index in [4.69, 9.17) is 4.74 Å². The Labute approximate surface area is 210 Å². The van der Waals surface area contributed by atoms with Crippen molar-refractivity contribution in [3.05, 3.63) is 78.9 Å². The summed E-state index contributed by atoms with van der Waals surface area (Å²) < 4.78 is 34.9. The van der Waals surface area contributed by atoms with Gasteiger partial charge in [-0.1, -0.05) is 55.5 Å². The second kappa shape index (κ2) is 11.3. The first-order chi connectivity index (χ1) is 16.9. The molecular formula is C29H36N2O3S. The van der Waals surface area contributed by atoms with Gasteiger partial charge in [0.1, 0.15) is 5.75 Å². The SMILES string of the molecule is COc1cccc(N(C(C)CCN2CCC(C)CC2)S(=O)(=O)c2ccc(-c3ccccc3)cc2)c1. The average Bonchev–Trinajstić information content (AvgIpc) is 2.89. The standard InChI is InChI=1S/C29H36N2O3S/c1-23-16-19-30(20-17-23)21-18-24(2)31(27-10-7-11-28(22-27)34-3)35(32,33)29-14-12-26(13-15-29)25-8-5-4-6-9-25/h4-15,22-24H,16-21H2,1-3H3. The number of hydrogen-bond acceptors (Lipinski definition) is 4. The summed E-state index contributed by atoms with van der Waals surface area (Å²) in [6.07, 6.45) is 3.17. The molecule has 5 nitrogen and oxygen atoms in total. The third kappa shape index (κ3) is 6.06. The minimum atomic E-state index is -3.78. The van der Waals surface area contributed by atoms with Crippen LogP contribution in [0.15, 0.2) is 83.8 Å². The third-order valence-electron chi connectivity index (χ3n) is 6.97. The maximum absolute atomic E-state index is 14.0. The normalized spacial score (nSPS) is 16.1. The van der Waals surface area contributed by atoms with Gasteiger partial charge in [-0.15, -0.1) is 0 Å². The molecule has 0 saturated carbocycles. The molecule has 1 atom stereocenters. The van der Waals surface area contributed by atoms with Gasteiger partial charge < -0.3 is 9.64 Å². The summed E-state index contributed by atoms with van der Waals surface area (Å²) in [5.74, 6) is 1.41. The van der Waals surface area contributed by atoms with E-state index in [1.807, 2.05) is 67.6 Å². The molecule has 186 valence electrons. The lowest BCUT2D eigenvalue weighted by atomic mass is 9.99. The molecule has 3 aromatic carbocycles. The molecule has 1 saturated heterocycles. The second-order valence-corrected chi connectivity index (χ2v) is 11.4. The summed E-state index contributed by atoms with van der Waals surface area (Å²) >= 11 is 0. The predicted octanol–water partition coefficient (Wildman–Crippen LogP) is 6.07. The van der Waals surface area contributed by atoms with Crippen LogP contribution in [0.3, 0.4) is 0 Å². The number of ether oxygens (including phenoxy) is 1. The molecule has 35 heavy (non-hydrogen) atoms. The number of likely N-dealkylation sites (tertiary alicyclic amines) is 1. The van der Waals surface area contributed by atoms with Gasteiger partial charge in [-0.25, -0.2) is 8.42 Å². The minimum Gasteiger partial charge on any atom is -0.497 e. The largest absolute Gasteiger partial charge is 0.497 e. The zero-order valence-electron chi connectivity index (χ0n) is 20.9. The van der Waals surface area contributed by atoms with Gasteiger partial charge >= 0.3 is 0 Å². The van der Waals surface area contributed by atoms with Crippen LogP contribution in [0.2, 0.25) is 0 Å². The maximum atomic E-state index is 14.0. The summed E-state index contributed by atoms with van der Waals surface area (Å²) in [5.41, 5.74) is 2.67. The molecule has 0 N–H and O–H groups in total. The fourth-order valence-electron chi connectivity index (χ4n) is 4.71. The molecule has 1 fully saturated rings. The quantitative estimate of drug-likeness (QED) is 0.364. The smallest absolute Gasteiger partial charge is 0.264 e. The van der Waals surface area contributed by atoms with Crippen LogP contribution in [0.4, 0.5) is 5.69 Å². The van der Waals surface area contributed by atoms with Gasteiger partial charge in [0.25, 0.3) is 10.0 Å². The topological polar surface area (TPSA) is 49.9 Å². The van der Waals surface area contributed by atoms with Crippen molar-refractivity contribution < 1.29 is 13.2 Å². The van der Waals surface area contributed by atoms with Gasteiger partial charge in [0.2, 0.25) is 0 Å². The van der Waals surface area contributed by atoms with E-state index in [1.54, 1.807) is 29.6 Å². The molecule has 1 aliphatic rings. The van der Waals surface area contributed by atoms with Crippen LogP contribution >= 0.6 is 0 Å². The van der Waals surface area contributed by atoms with Gasteiger partial charge in [-0.05, 0) is 80.6 Å². The number of methoxy groups -OCH3 is 1. The number of nitrogens with zero attached hydrogens (tertiary/aromatic N) is 2. The molecule has 3 aromatic rings. The number of sulfonamides is 1. The Morgan fingerprint density at radius 3 is 2.26 bits per heavy atom. The summed E-state index contributed by atoms with van der Waals surface area (Å²) in [7, 11) is -2.18. The zero-order valence-corrected chi connectivity index (χ0v) is 21.7. The van der Waals surface area contributed by atoms with Crippen molar-refractivity contribution in [2.45, 2.75) is 44.0 Å². The van der Waals surface area contributed by atoms with Gasteiger partial charge in [-0.3, -0.25) is 4.31 Å². The molecular weight excluding hydrogens is 456 g/mol. The van der Waals surface area contributed by atoms with Gasteiger partial charge in [0.15, 0.2) is 0 Å². The lowest BCUT2D eigenvalue weighted by Crippen LogP contribution is -2.42. The number of anilines is 1. The summed E-state index contributed by atoms with van der Waals surface area (Å²) in [4.78, 5) is 2.75. The van der Waals surface area contributed by atoms with Crippen molar-refractivity contribution >= 4 is 15.7 Å². The van der Waals surface area contributed by atoms with Crippen molar-refractivity contribution in [1.82, 2.24) is 4.90 Å². The monoisotopic (exact) mass is 492 g/mol. The van der Waals surface area contributed by atoms with E-state index >= 15 is 0 Å². The van der Waals surface area contributed by atoms with Gasteiger partial charge in [0.05, 0.1) is 17.7 Å². The Hall–Kier alpha value is -2.83. The summed E-state index contributed by atoms with van der Waals surface area (Å²) in [6.45, 7) is 7.36. The Balaban J connectivity index is 1.61. The molecule has 0 radical (unpaired) electrons. The van der Waals surface area contributed by atoms with Crippen molar-refractivity contribution in [1.29, 1.82) is 0 Å². The zero-order chi connectivity index (χ0) is 24.8. The van der Waals surface area contributed by atoms with E-state index in [2.05, 4.69) is 11.8 Å². The first-order valence-electron chi connectivity index (χ1n) is 12.4. The Morgan fingerprint density at radius 1 is 0.943 bits per heavy atom. The molecule has 0 aromatic heterocycles. The molecule has 1 unspecified atom stereocenters. The molecule has 1 heterocycles. The third-order valence-corrected chi connectivity index (χ3v) is 8.92. The highest BCUT2D eigenvalue weighted by atomic mass is 32.2. The fraction of sp³-hybridized carbons (Fsp3) is 0.379. The van der Waals surface area contributed by atoms with Crippen LogP contribution < -0.4 is 9.04 Å². The van der Waals surface area contributed by atoms with Gasteiger partial charge in [0, 0.05) is 18.7 Å². The highest BCUT2D eigenvalue weighted by molar-refractivity contribution is 7.92. The van der Waals surface area contributed by atoms with Crippen LogP contribution in [0.5, 0.6) is 5.75 Å². The highest BCUT2D eigenvalue weighted by Crippen LogP contribution is 2.31. The van der Waals surface area contributed by atoms with E-state index in [9.17, 15) is 8.42 Å². The molecule has 0 bridgehead atoms. The van der Waals surface area contributed by atoms with Crippen molar-refractivity contribution in [2.24, 2.45) is 5.92 Å². The van der Waals surface area contributed by atoms with Crippen LogP contribution in [-0.2, 0) is 10.0 Å². The second-order valence-electron chi connectivity index (χ2n) is 9.55. The van der Waals surface area contributed by atoms with Crippen LogP contribution in [0, 0.1) is 5.92 Å². The van der Waals surface area contributed by atoms with Crippen LogP contribution in [-0.4, -0.2) is 46.1 Å². The molecule has 0 amide bonds. The first kappa shape index (κ1) is 25.3. The van der Waals surface area contributed by atoms with E-state index in [1.165, 1.54) is 12.8 Å². The van der Waals surface area contributed by atoms with Crippen molar-refractivity contribution in [2.75, 3.05) is 31.0 Å². The minimum absolute atomic E-state index is 0.208. The summed E-state index contributed by atoms with van der Waals surface area (Å²) in [5, 5.41) is 0. The average molecular weight is 493 g/mol. The Kier molecular flexibility index (Phi) is 8.14. The predicted molar refractivity (Wildman–Crippen MR) is 143 cm³/mol. The molecule has 0 aliphatic carbocycles. The van der Waals surface area contributed by atoms with Crippen molar-refractivity contribution in [3.63, 3.8) is 0 Å².